The van der Waals surface area contributed by atoms with E-state index in [0.717, 1.165) is 11.8 Å². The van der Waals surface area contributed by atoms with Crippen LogP contribution in [0.2, 0.25) is 0 Å². The Balaban J connectivity index is 2.01. The van der Waals surface area contributed by atoms with Crippen LogP contribution in [0.15, 0.2) is 0 Å². The van der Waals surface area contributed by atoms with Gasteiger partial charge < -0.3 is 19.9 Å². The summed E-state index contributed by atoms with van der Waals surface area (Å²) >= 11 is 0. The molecule has 1 rings (SSSR count). The first kappa shape index (κ1) is 17.9. The molecule has 4 atom stereocenters. The van der Waals surface area contributed by atoms with Crippen LogP contribution in [0, 0.1) is 11.8 Å². The van der Waals surface area contributed by atoms with Crippen LogP contribution in [-0.2, 0) is 9.47 Å². The molecule has 1 aliphatic rings. The smallest absolute Gasteiger partial charge is 0.0897 e. The molecule has 0 heterocycles. The molecular weight excluding hydrogens is 254 g/mol. The zero-order valence-electron chi connectivity index (χ0n) is 13.6. The highest BCUT2D eigenvalue weighted by atomic mass is 16.5. The molecule has 120 valence electrons. The molecule has 0 aromatic rings. The minimum absolute atomic E-state index is 0.237. The average molecular weight is 287 g/mol. The monoisotopic (exact) mass is 287 g/mol. The Bertz CT molecular complexity index is 248. The van der Waals surface area contributed by atoms with Crippen molar-refractivity contribution in [3.8, 4) is 0 Å². The van der Waals surface area contributed by atoms with Crippen LogP contribution in [0.1, 0.15) is 47.0 Å². The quantitative estimate of drug-likeness (QED) is 0.638. The normalized spacial score (nSPS) is 28.8. The van der Waals surface area contributed by atoms with Crippen molar-refractivity contribution in [1.29, 1.82) is 0 Å². The van der Waals surface area contributed by atoms with Gasteiger partial charge in [0.05, 0.1) is 32.0 Å². The molecule has 4 unspecified atom stereocenters. The maximum atomic E-state index is 9.88. The Morgan fingerprint density at radius 3 is 2.55 bits per heavy atom. The largest absolute Gasteiger partial charge is 0.389 e. The number of nitrogens with one attached hydrogen (secondary N) is 1. The van der Waals surface area contributed by atoms with Gasteiger partial charge in [0.1, 0.15) is 0 Å². The second-order valence-corrected chi connectivity index (χ2v) is 6.52. The summed E-state index contributed by atoms with van der Waals surface area (Å²) in [5.41, 5.74) is 0. The first-order chi connectivity index (χ1) is 9.49. The molecule has 0 saturated heterocycles. The number of rotatable bonds is 9. The van der Waals surface area contributed by atoms with Crippen molar-refractivity contribution >= 4 is 0 Å². The van der Waals surface area contributed by atoms with Crippen molar-refractivity contribution in [2.24, 2.45) is 11.8 Å². The molecule has 0 spiro atoms. The number of hydrogen-bond acceptors (Lipinski definition) is 4. The summed E-state index contributed by atoms with van der Waals surface area (Å²) in [4.78, 5) is 0. The molecular formula is C16H33NO3. The number of aliphatic hydroxyl groups is 1. The Morgan fingerprint density at radius 1 is 1.15 bits per heavy atom. The fourth-order valence-corrected chi connectivity index (χ4v) is 2.66. The minimum Gasteiger partial charge on any atom is -0.389 e. The lowest BCUT2D eigenvalue weighted by molar-refractivity contribution is -0.0110. The van der Waals surface area contributed by atoms with Crippen molar-refractivity contribution in [2.75, 3.05) is 26.4 Å². The first-order valence-electron chi connectivity index (χ1n) is 8.09. The van der Waals surface area contributed by atoms with Crippen molar-refractivity contribution in [2.45, 2.75) is 65.2 Å². The second kappa shape index (κ2) is 9.72. The molecule has 1 fully saturated rings. The zero-order chi connectivity index (χ0) is 15.0. The third-order valence-electron chi connectivity index (χ3n) is 4.23. The predicted octanol–water partition coefficient (Wildman–Crippen LogP) is 2.20. The van der Waals surface area contributed by atoms with Gasteiger partial charge in [-0.25, -0.2) is 0 Å². The summed E-state index contributed by atoms with van der Waals surface area (Å²) in [5.74, 6) is 1.62. The van der Waals surface area contributed by atoms with Gasteiger partial charge in [-0.1, -0.05) is 13.8 Å². The van der Waals surface area contributed by atoms with Gasteiger partial charge in [-0.15, -0.1) is 0 Å². The first-order valence-corrected chi connectivity index (χ1v) is 8.09. The van der Waals surface area contributed by atoms with Crippen molar-refractivity contribution in [3.05, 3.63) is 0 Å². The number of hydrogen-bond donors (Lipinski definition) is 2. The zero-order valence-corrected chi connectivity index (χ0v) is 13.6. The molecule has 0 bridgehead atoms. The number of aliphatic hydroxyl groups excluding tert-OH is 1. The molecule has 0 aromatic heterocycles. The lowest BCUT2D eigenvalue weighted by Gasteiger charge is -2.33. The summed E-state index contributed by atoms with van der Waals surface area (Å²) in [6, 6.07) is 0.556. The Hall–Kier alpha value is -0.160. The van der Waals surface area contributed by atoms with E-state index in [1.54, 1.807) is 0 Å². The SMILES string of the molecule is CC(C)OCCOCC(O)CNC1CCC(C)C(C)C1. The molecule has 0 amide bonds. The van der Waals surface area contributed by atoms with Crippen LogP contribution in [0.4, 0.5) is 0 Å². The third-order valence-corrected chi connectivity index (χ3v) is 4.23. The van der Waals surface area contributed by atoms with E-state index in [1.807, 2.05) is 13.8 Å². The summed E-state index contributed by atoms with van der Waals surface area (Å²) < 4.78 is 10.8. The Morgan fingerprint density at radius 2 is 1.90 bits per heavy atom. The van der Waals surface area contributed by atoms with Gasteiger partial charge in [-0.2, -0.15) is 0 Å². The molecule has 4 heteroatoms. The van der Waals surface area contributed by atoms with Crippen molar-refractivity contribution in [3.63, 3.8) is 0 Å². The third kappa shape index (κ3) is 7.58. The molecule has 0 aromatic carbocycles. The fraction of sp³-hybridized carbons (Fsp3) is 1.00. The van der Waals surface area contributed by atoms with Crippen molar-refractivity contribution in [1.82, 2.24) is 5.32 Å². The molecule has 2 N–H and O–H groups in total. The van der Waals surface area contributed by atoms with E-state index >= 15 is 0 Å². The predicted molar refractivity (Wildman–Crippen MR) is 81.9 cm³/mol. The van der Waals surface area contributed by atoms with E-state index in [4.69, 9.17) is 9.47 Å². The average Bonchev–Trinajstić information content (AvgIpc) is 2.39. The van der Waals surface area contributed by atoms with E-state index in [-0.39, 0.29) is 6.10 Å². The molecule has 1 saturated carbocycles. The van der Waals surface area contributed by atoms with Crippen LogP contribution in [0.25, 0.3) is 0 Å². The highest BCUT2D eigenvalue weighted by molar-refractivity contribution is 4.80. The maximum Gasteiger partial charge on any atom is 0.0897 e. The lowest BCUT2D eigenvalue weighted by atomic mass is 9.79. The van der Waals surface area contributed by atoms with Crippen LogP contribution in [-0.4, -0.2) is 49.7 Å². The topological polar surface area (TPSA) is 50.7 Å². The molecule has 0 aliphatic heterocycles. The minimum atomic E-state index is -0.427. The standard InChI is InChI=1S/C16H33NO3/c1-12(2)20-8-7-19-11-16(18)10-17-15-6-5-13(3)14(4)9-15/h12-18H,5-11H2,1-4H3. The van der Waals surface area contributed by atoms with E-state index in [0.29, 0.717) is 32.4 Å². The van der Waals surface area contributed by atoms with Gasteiger partial charge in [0.15, 0.2) is 0 Å². The van der Waals surface area contributed by atoms with Crippen LogP contribution >= 0.6 is 0 Å². The van der Waals surface area contributed by atoms with Gasteiger partial charge in [-0.3, -0.25) is 0 Å². The van der Waals surface area contributed by atoms with Gasteiger partial charge in [0.2, 0.25) is 0 Å². The fourth-order valence-electron chi connectivity index (χ4n) is 2.66. The lowest BCUT2D eigenvalue weighted by Crippen LogP contribution is -2.41. The maximum absolute atomic E-state index is 9.88. The molecule has 1 aliphatic carbocycles. The van der Waals surface area contributed by atoms with Gasteiger partial charge in [0, 0.05) is 12.6 Å². The van der Waals surface area contributed by atoms with Crippen LogP contribution < -0.4 is 5.32 Å². The van der Waals surface area contributed by atoms with E-state index in [2.05, 4.69) is 19.2 Å². The molecule has 20 heavy (non-hydrogen) atoms. The second-order valence-electron chi connectivity index (χ2n) is 6.52. The Kier molecular flexibility index (Phi) is 8.69. The summed E-state index contributed by atoms with van der Waals surface area (Å²) in [6.45, 7) is 10.8. The summed E-state index contributed by atoms with van der Waals surface area (Å²) in [5, 5.41) is 13.3. The van der Waals surface area contributed by atoms with E-state index < -0.39 is 6.10 Å². The molecule has 0 radical (unpaired) electrons. The van der Waals surface area contributed by atoms with E-state index in [9.17, 15) is 5.11 Å². The summed E-state index contributed by atoms with van der Waals surface area (Å²) in [6.07, 6.45) is 3.54. The van der Waals surface area contributed by atoms with Crippen LogP contribution in [0.5, 0.6) is 0 Å². The van der Waals surface area contributed by atoms with Gasteiger partial charge in [0.25, 0.3) is 0 Å². The number of ether oxygens (including phenoxy) is 2. The van der Waals surface area contributed by atoms with Crippen LogP contribution in [0.3, 0.4) is 0 Å². The highest BCUT2D eigenvalue weighted by Crippen LogP contribution is 2.29. The van der Waals surface area contributed by atoms with Gasteiger partial charge >= 0.3 is 0 Å². The van der Waals surface area contributed by atoms with E-state index in [1.165, 1.54) is 19.3 Å². The molecule has 4 nitrogen and oxygen atoms in total. The van der Waals surface area contributed by atoms with Crippen molar-refractivity contribution < 1.29 is 14.6 Å². The van der Waals surface area contributed by atoms with Gasteiger partial charge in [-0.05, 0) is 44.9 Å². The Labute approximate surface area is 124 Å². The summed E-state index contributed by atoms with van der Waals surface area (Å²) in [7, 11) is 0. The highest BCUT2D eigenvalue weighted by Gasteiger charge is 2.24.